The second-order valence-electron chi connectivity index (χ2n) is 16.0. The van der Waals surface area contributed by atoms with E-state index in [1.165, 1.54) is 61.2 Å². The third-order valence-electron chi connectivity index (χ3n) is 12.6. The van der Waals surface area contributed by atoms with Gasteiger partial charge in [-0.05, 0) is 97.1 Å². The summed E-state index contributed by atoms with van der Waals surface area (Å²) >= 11 is 0. The molecule has 0 saturated carbocycles. The van der Waals surface area contributed by atoms with Gasteiger partial charge in [0.15, 0.2) is 0 Å². The molecule has 0 aromatic heterocycles. The molecule has 0 spiro atoms. The SMILES string of the molecule is c1ccc(-c2ccc(N(c3ccccc3-c3ccccc3)c3cc4c(cc3-c3ccccc3)-c3c(-c5ccccc5)cccc3C4(c3ccccc3)c3ccccc3)cc2)cc1. The Morgan fingerprint density at radius 3 is 1.26 bits per heavy atom. The highest BCUT2D eigenvalue weighted by Crippen LogP contribution is 2.61. The molecule has 0 heterocycles. The first-order chi connectivity index (χ1) is 30.8. The summed E-state index contributed by atoms with van der Waals surface area (Å²) in [5.74, 6) is 0. The number of hydrogen-bond acceptors (Lipinski definition) is 1. The van der Waals surface area contributed by atoms with Crippen LogP contribution >= 0.6 is 0 Å². The molecule has 1 aliphatic rings. The van der Waals surface area contributed by atoms with Crippen LogP contribution in [-0.4, -0.2) is 0 Å². The Kier molecular flexibility index (Phi) is 9.48. The molecule has 11 rings (SSSR count). The van der Waals surface area contributed by atoms with Crippen LogP contribution in [0.5, 0.6) is 0 Å². The minimum Gasteiger partial charge on any atom is -0.309 e. The minimum atomic E-state index is -0.621. The molecule has 0 N–H and O–H groups in total. The zero-order valence-electron chi connectivity index (χ0n) is 34.3. The molecule has 292 valence electrons. The lowest BCUT2D eigenvalue weighted by Gasteiger charge is -2.36. The molecule has 0 amide bonds. The molecule has 0 bridgehead atoms. The van der Waals surface area contributed by atoms with Crippen LogP contribution < -0.4 is 4.90 Å². The average molecular weight is 790 g/mol. The maximum absolute atomic E-state index is 2.53. The maximum atomic E-state index is 2.53. The van der Waals surface area contributed by atoms with Crippen LogP contribution in [0, 0.1) is 0 Å². The van der Waals surface area contributed by atoms with Gasteiger partial charge in [-0.1, -0.05) is 231 Å². The van der Waals surface area contributed by atoms with Gasteiger partial charge in [-0.15, -0.1) is 0 Å². The van der Waals surface area contributed by atoms with E-state index in [9.17, 15) is 0 Å². The van der Waals surface area contributed by atoms with Gasteiger partial charge < -0.3 is 4.90 Å². The number of benzene rings is 10. The molecule has 0 unspecified atom stereocenters. The maximum Gasteiger partial charge on any atom is 0.0714 e. The highest BCUT2D eigenvalue weighted by atomic mass is 15.1. The van der Waals surface area contributed by atoms with Crippen LogP contribution in [0.1, 0.15) is 22.3 Å². The van der Waals surface area contributed by atoms with E-state index in [4.69, 9.17) is 0 Å². The van der Waals surface area contributed by atoms with E-state index in [0.717, 1.165) is 33.8 Å². The van der Waals surface area contributed by atoms with Gasteiger partial charge in [0.05, 0.1) is 16.8 Å². The summed E-state index contributed by atoms with van der Waals surface area (Å²) in [4.78, 5) is 2.50. The number of anilines is 3. The van der Waals surface area contributed by atoms with E-state index in [2.05, 4.69) is 266 Å². The van der Waals surface area contributed by atoms with Gasteiger partial charge in [-0.25, -0.2) is 0 Å². The normalized spacial score (nSPS) is 12.3. The molecule has 10 aromatic carbocycles. The monoisotopic (exact) mass is 789 g/mol. The van der Waals surface area contributed by atoms with Crippen LogP contribution in [-0.2, 0) is 5.41 Å². The first-order valence-electron chi connectivity index (χ1n) is 21.4. The highest BCUT2D eigenvalue weighted by molar-refractivity contribution is 6.02. The van der Waals surface area contributed by atoms with Crippen molar-refractivity contribution in [2.75, 3.05) is 4.90 Å². The molecular formula is C61H43N. The topological polar surface area (TPSA) is 3.24 Å². The predicted molar refractivity (Wildman–Crippen MR) is 260 cm³/mol. The van der Waals surface area contributed by atoms with Crippen molar-refractivity contribution in [3.8, 4) is 55.6 Å². The molecule has 0 aliphatic heterocycles. The number of hydrogen-bond donors (Lipinski definition) is 0. The predicted octanol–water partition coefficient (Wildman–Crippen LogP) is 16.2. The fourth-order valence-electron chi connectivity index (χ4n) is 9.83. The first-order valence-corrected chi connectivity index (χ1v) is 21.4. The van der Waals surface area contributed by atoms with E-state index >= 15 is 0 Å². The van der Waals surface area contributed by atoms with Crippen LogP contribution in [0.3, 0.4) is 0 Å². The van der Waals surface area contributed by atoms with Gasteiger partial charge in [0.25, 0.3) is 0 Å². The van der Waals surface area contributed by atoms with Crippen molar-refractivity contribution in [2.24, 2.45) is 0 Å². The average Bonchev–Trinajstić information content (AvgIpc) is 3.66. The van der Waals surface area contributed by atoms with E-state index < -0.39 is 5.41 Å². The third kappa shape index (κ3) is 6.26. The number of fused-ring (bicyclic) bond motifs is 3. The molecule has 1 aliphatic carbocycles. The summed E-state index contributed by atoms with van der Waals surface area (Å²) in [5, 5.41) is 0. The second kappa shape index (κ2) is 15.9. The number of para-hydroxylation sites is 1. The summed E-state index contributed by atoms with van der Waals surface area (Å²) in [6, 6.07) is 95.4. The molecule has 1 nitrogen and oxygen atoms in total. The van der Waals surface area contributed by atoms with Crippen LogP contribution in [0.15, 0.2) is 261 Å². The molecule has 0 atom stereocenters. The van der Waals surface area contributed by atoms with Gasteiger partial charge in [-0.2, -0.15) is 0 Å². The van der Waals surface area contributed by atoms with Crippen molar-refractivity contribution >= 4 is 17.1 Å². The van der Waals surface area contributed by atoms with Gasteiger partial charge in [-0.3, -0.25) is 0 Å². The third-order valence-corrected chi connectivity index (χ3v) is 12.6. The molecular weight excluding hydrogens is 747 g/mol. The molecule has 1 heteroatoms. The lowest BCUT2D eigenvalue weighted by molar-refractivity contribution is 0.768. The van der Waals surface area contributed by atoms with Gasteiger partial charge in [0, 0.05) is 16.8 Å². The van der Waals surface area contributed by atoms with Crippen molar-refractivity contribution in [1.82, 2.24) is 0 Å². The molecule has 0 saturated heterocycles. The molecule has 0 radical (unpaired) electrons. The van der Waals surface area contributed by atoms with Crippen LogP contribution in [0.2, 0.25) is 0 Å². The van der Waals surface area contributed by atoms with Crippen molar-refractivity contribution in [2.45, 2.75) is 5.41 Å². The summed E-state index contributed by atoms with van der Waals surface area (Å²) in [6.45, 7) is 0. The lowest BCUT2D eigenvalue weighted by Crippen LogP contribution is -2.29. The number of nitrogens with zero attached hydrogens (tertiary/aromatic N) is 1. The van der Waals surface area contributed by atoms with E-state index in [1.807, 2.05) is 0 Å². The van der Waals surface area contributed by atoms with Crippen molar-refractivity contribution in [3.63, 3.8) is 0 Å². The molecule has 0 fully saturated rings. The zero-order valence-corrected chi connectivity index (χ0v) is 34.3. The first kappa shape index (κ1) is 37.0. The summed E-state index contributed by atoms with van der Waals surface area (Å²) in [6.07, 6.45) is 0. The molecule has 62 heavy (non-hydrogen) atoms. The lowest BCUT2D eigenvalue weighted by atomic mass is 9.67. The fourth-order valence-corrected chi connectivity index (χ4v) is 9.83. The van der Waals surface area contributed by atoms with Gasteiger partial charge >= 0.3 is 0 Å². The van der Waals surface area contributed by atoms with Crippen molar-refractivity contribution < 1.29 is 0 Å². The van der Waals surface area contributed by atoms with Gasteiger partial charge in [0.1, 0.15) is 0 Å². The Labute approximate surface area is 364 Å². The van der Waals surface area contributed by atoms with Gasteiger partial charge in [0.2, 0.25) is 0 Å². The molecule has 10 aromatic rings. The Morgan fingerprint density at radius 1 is 0.258 bits per heavy atom. The summed E-state index contributed by atoms with van der Waals surface area (Å²) in [5.41, 5.74) is 19.6. The Balaban J connectivity index is 1.28. The quantitative estimate of drug-likeness (QED) is 0.141. The van der Waals surface area contributed by atoms with E-state index in [-0.39, 0.29) is 0 Å². The van der Waals surface area contributed by atoms with Crippen LogP contribution in [0.4, 0.5) is 17.1 Å². The second-order valence-corrected chi connectivity index (χ2v) is 16.0. The largest absolute Gasteiger partial charge is 0.309 e. The minimum absolute atomic E-state index is 0.621. The smallest absolute Gasteiger partial charge is 0.0714 e. The fraction of sp³-hybridized carbons (Fsp3) is 0.0164. The highest BCUT2D eigenvalue weighted by Gasteiger charge is 2.48. The summed E-state index contributed by atoms with van der Waals surface area (Å²) in [7, 11) is 0. The van der Waals surface area contributed by atoms with Crippen molar-refractivity contribution in [3.05, 3.63) is 283 Å². The van der Waals surface area contributed by atoms with E-state index in [0.29, 0.717) is 0 Å². The zero-order chi connectivity index (χ0) is 41.3. The standard InChI is InChI=1S/C61H43N/c1-7-22-44(23-8-1)45-38-40-51(41-39-45)62(58-37-20-19-34-52(58)46-24-9-2-10-25-46)59-43-57-55(42-54(59)48-28-13-4-14-29-48)60-53(47-26-11-3-12-27-47)35-21-36-56(60)61(57,49-30-15-5-16-31-49)50-32-17-6-18-33-50/h1-43H. The summed E-state index contributed by atoms with van der Waals surface area (Å²) < 4.78 is 0. The van der Waals surface area contributed by atoms with E-state index in [1.54, 1.807) is 0 Å². The Bertz CT molecular complexity index is 3080. The van der Waals surface area contributed by atoms with Crippen LogP contribution in [0.25, 0.3) is 55.6 Å². The number of rotatable bonds is 9. The Hall–Kier alpha value is -8.00. The Morgan fingerprint density at radius 2 is 0.694 bits per heavy atom. The van der Waals surface area contributed by atoms with Crippen molar-refractivity contribution in [1.29, 1.82) is 0 Å².